The van der Waals surface area contributed by atoms with E-state index in [-0.39, 0.29) is 5.60 Å². The second-order valence-corrected chi connectivity index (χ2v) is 7.04. The van der Waals surface area contributed by atoms with Crippen LogP contribution < -0.4 is 5.32 Å². The fourth-order valence-electron chi connectivity index (χ4n) is 4.29. The van der Waals surface area contributed by atoms with Crippen molar-refractivity contribution < 1.29 is 9.47 Å². The Kier molecular flexibility index (Phi) is 6.31. The van der Waals surface area contributed by atoms with Crippen LogP contribution in [0.5, 0.6) is 0 Å². The highest BCUT2D eigenvalue weighted by Gasteiger charge is 2.40. The van der Waals surface area contributed by atoms with Gasteiger partial charge in [-0.05, 0) is 51.0 Å². The van der Waals surface area contributed by atoms with E-state index in [0.717, 1.165) is 19.1 Å². The molecule has 1 saturated heterocycles. The molecule has 0 amide bonds. The average Bonchev–Trinajstić information content (AvgIpc) is 2.46. The van der Waals surface area contributed by atoms with Crippen LogP contribution in [-0.2, 0) is 9.47 Å². The molecule has 1 aliphatic carbocycles. The van der Waals surface area contributed by atoms with Gasteiger partial charge in [0.2, 0.25) is 0 Å². The largest absolute Gasteiger partial charge is 0.384 e. The summed E-state index contributed by atoms with van der Waals surface area (Å²) in [6, 6.07) is 0.614. The zero-order chi connectivity index (χ0) is 14.4. The van der Waals surface area contributed by atoms with Crippen molar-refractivity contribution >= 4 is 0 Å². The zero-order valence-electron chi connectivity index (χ0n) is 13.6. The highest BCUT2D eigenvalue weighted by Crippen LogP contribution is 2.42. The summed E-state index contributed by atoms with van der Waals surface area (Å²) in [5, 5.41) is 3.57. The molecule has 3 nitrogen and oxygen atoms in total. The summed E-state index contributed by atoms with van der Waals surface area (Å²) in [6.07, 6.45) is 10.4. The minimum Gasteiger partial charge on any atom is -0.384 e. The van der Waals surface area contributed by atoms with Crippen LogP contribution >= 0.6 is 0 Å². The predicted octanol–water partition coefficient (Wildman–Crippen LogP) is 3.38. The Morgan fingerprint density at radius 3 is 2.70 bits per heavy atom. The molecule has 3 heteroatoms. The van der Waals surface area contributed by atoms with E-state index in [1.165, 1.54) is 51.4 Å². The molecule has 0 bridgehead atoms. The first-order valence-corrected chi connectivity index (χ1v) is 8.49. The lowest BCUT2D eigenvalue weighted by Crippen LogP contribution is -2.47. The molecule has 1 spiro atoms. The summed E-state index contributed by atoms with van der Waals surface area (Å²) in [5.41, 5.74) is 0.223. The number of methoxy groups -OCH3 is 1. The number of ether oxygens (including phenoxy) is 2. The van der Waals surface area contributed by atoms with Gasteiger partial charge in [-0.3, -0.25) is 0 Å². The van der Waals surface area contributed by atoms with Crippen molar-refractivity contribution in [3.8, 4) is 0 Å². The maximum Gasteiger partial charge on any atom is 0.0685 e. The van der Waals surface area contributed by atoms with Gasteiger partial charge in [0.25, 0.3) is 0 Å². The number of hydrogen-bond acceptors (Lipinski definition) is 3. The normalized spacial score (nSPS) is 29.2. The number of rotatable bonds is 6. The zero-order valence-corrected chi connectivity index (χ0v) is 13.6. The summed E-state index contributed by atoms with van der Waals surface area (Å²) >= 11 is 0. The lowest BCUT2D eigenvalue weighted by atomic mass is 9.73. The molecule has 1 heterocycles. The van der Waals surface area contributed by atoms with Gasteiger partial charge in [0, 0.05) is 26.4 Å². The molecule has 2 aliphatic rings. The van der Waals surface area contributed by atoms with Gasteiger partial charge < -0.3 is 14.8 Å². The molecular weight excluding hydrogens is 250 g/mol. The Balaban J connectivity index is 1.91. The average molecular weight is 283 g/mol. The van der Waals surface area contributed by atoms with Crippen LogP contribution in [-0.4, -0.2) is 39.0 Å². The number of nitrogens with one attached hydrogen (secondary N) is 1. The molecule has 1 N–H and O–H groups in total. The predicted molar refractivity (Wildman–Crippen MR) is 83.0 cm³/mol. The smallest absolute Gasteiger partial charge is 0.0685 e. The highest BCUT2D eigenvalue weighted by molar-refractivity contribution is 4.93. The molecule has 0 aromatic carbocycles. The number of hydrogen-bond donors (Lipinski definition) is 1. The van der Waals surface area contributed by atoms with Gasteiger partial charge in [-0.15, -0.1) is 0 Å². The standard InChI is InChI=1S/C17H33NO2/c1-14(13-19-3)11-16(18-2)15-7-10-20-17(12-15)8-5-4-6-9-17/h14-16,18H,4-13H2,1-3H3. The van der Waals surface area contributed by atoms with Crippen LogP contribution in [0.15, 0.2) is 0 Å². The van der Waals surface area contributed by atoms with Gasteiger partial charge in [-0.25, -0.2) is 0 Å². The molecule has 2 fully saturated rings. The topological polar surface area (TPSA) is 30.5 Å². The summed E-state index contributed by atoms with van der Waals surface area (Å²) in [5.74, 6) is 1.40. The minimum absolute atomic E-state index is 0.223. The third-order valence-electron chi connectivity index (χ3n) is 5.34. The Morgan fingerprint density at radius 2 is 2.05 bits per heavy atom. The van der Waals surface area contributed by atoms with Crippen molar-refractivity contribution in [2.24, 2.45) is 11.8 Å². The van der Waals surface area contributed by atoms with Crippen molar-refractivity contribution in [3.63, 3.8) is 0 Å². The summed E-state index contributed by atoms with van der Waals surface area (Å²) < 4.78 is 11.5. The fraction of sp³-hybridized carbons (Fsp3) is 1.00. The summed E-state index contributed by atoms with van der Waals surface area (Å²) in [7, 11) is 3.92. The molecule has 118 valence electrons. The summed E-state index contributed by atoms with van der Waals surface area (Å²) in [4.78, 5) is 0. The lowest BCUT2D eigenvalue weighted by Gasteiger charge is -2.46. The van der Waals surface area contributed by atoms with Crippen molar-refractivity contribution in [2.75, 3.05) is 27.4 Å². The third kappa shape index (κ3) is 4.19. The molecule has 2 rings (SSSR count). The van der Waals surface area contributed by atoms with Gasteiger partial charge in [-0.1, -0.05) is 26.2 Å². The van der Waals surface area contributed by atoms with Crippen LogP contribution in [0.2, 0.25) is 0 Å². The second-order valence-electron chi connectivity index (χ2n) is 7.04. The SMILES string of the molecule is CNC(CC(C)COC)C1CCOC2(CCCCC2)C1. The molecule has 20 heavy (non-hydrogen) atoms. The van der Waals surface area contributed by atoms with E-state index in [2.05, 4.69) is 19.3 Å². The second kappa shape index (κ2) is 7.77. The van der Waals surface area contributed by atoms with Crippen LogP contribution in [0.1, 0.15) is 58.3 Å². The molecular formula is C17H33NO2. The van der Waals surface area contributed by atoms with Gasteiger partial charge in [0.05, 0.1) is 5.60 Å². The molecule has 0 aromatic heterocycles. The van der Waals surface area contributed by atoms with E-state index in [4.69, 9.17) is 9.47 Å². The van der Waals surface area contributed by atoms with Crippen molar-refractivity contribution in [1.29, 1.82) is 0 Å². The van der Waals surface area contributed by atoms with Gasteiger partial charge in [-0.2, -0.15) is 0 Å². The fourth-order valence-corrected chi connectivity index (χ4v) is 4.29. The van der Waals surface area contributed by atoms with Gasteiger partial charge in [0.1, 0.15) is 0 Å². The van der Waals surface area contributed by atoms with Crippen LogP contribution in [0, 0.1) is 11.8 Å². The molecule has 1 saturated carbocycles. The van der Waals surface area contributed by atoms with Crippen molar-refractivity contribution in [1.82, 2.24) is 5.32 Å². The molecule has 1 aliphatic heterocycles. The minimum atomic E-state index is 0.223. The van der Waals surface area contributed by atoms with E-state index >= 15 is 0 Å². The lowest BCUT2D eigenvalue weighted by molar-refractivity contribution is -0.122. The molecule has 3 atom stereocenters. The Labute approximate surface area is 124 Å². The molecule has 3 unspecified atom stereocenters. The molecule has 0 aromatic rings. The monoisotopic (exact) mass is 283 g/mol. The Hall–Kier alpha value is -0.120. The highest BCUT2D eigenvalue weighted by atomic mass is 16.5. The first-order valence-electron chi connectivity index (χ1n) is 8.49. The first kappa shape index (κ1) is 16.3. The quantitative estimate of drug-likeness (QED) is 0.810. The van der Waals surface area contributed by atoms with E-state index in [0.29, 0.717) is 12.0 Å². The van der Waals surface area contributed by atoms with Crippen LogP contribution in [0.25, 0.3) is 0 Å². The maximum atomic E-state index is 6.23. The van der Waals surface area contributed by atoms with Crippen molar-refractivity contribution in [3.05, 3.63) is 0 Å². The Morgan fingerprint density at radius 1 is 1.30 bits per heavy atom. The van der Waals surface area contributed by atoms with Gasteiger partial charge in [0.15, 0.2) is 0 Å². The van der Waals surface area contributed by atoms with Crippen LogP contribution in [0.3, 0.4) is 0 Å². The first-order chi connectivity index (χ1) is 9.69. The maximum absolute atomic E-state index is 6.23. The van der Waals surface area contributed by atoms with Gasteiger partial charge >= 0.3 is 0 Å². The van der Waals surface area contributed by atoms with Crippen molar-refractivity contribution in [2.45, 2.75) is 69.9 Å². The summed E-state index contributed by atoms with van der Waals surface area (Å²) in [6.45, 7) is 4.12. The molecule has 0 radical (unpaired) electrons. The third-order valence-corrected chi connectivity index (χ3v) is 5.34. The van der Waals surface area contributed by atoms with E-state index < -0.39 is 0 Å². The Bertz CT molecular complexity index is 271. The van der Waals surface area contributed by atoms with E-state index in [1.54, 1.807) is 7.11 Å². The van der Waals surface area contributed by atoms with E-state index in [1.807, 2.05) is 0 Å². The van der Waals surface area contributed by atoms with Crippen LogP contribution in [0.4, 0.5) is 0 Å². The van der Waals surface area contributed by atoms with E-state index in [9.17, 15) is 0 Å².